The normalized spacial score (nSPS) is 37.0. The Kier molecular flexibility index (Phi) is 3.47. The van der Waals surface area contributed by atoms with Gasteiger partial charge < -0.3 is 5.32 Å². The highest BCUT2D eigenvalue weighted by Crippen LogP contribution is 2.61. The van der Waals surface area contributed by atoms with Crippen LogP contribution in [0, 0.1) is 23.2 Å². The van der Waals surface area contributed by atoms with E-state index in [0.29, 0.717) is 17.0 Å². The first-order valence-electron chi connectivity index (χ1n) is 8.89. The molecule has 0 aliphatic heterocycles. The Morgan fingerprint density at radius 3 is 2.41 bits per heavy atom. The summed E-state index contributed by atoms with van der Waals surface area (Å²) in [5.74, 6) is 2.83. The molecule has 4 bridgehead atoms. The Balaban J connectivity index is 1.53. The van der Waals surface area contributed by atoms with Crippen molar-refractivity contribution in [1.82, 2.24) is 10.3 Å². The lowest BCUT2D eigenvalue weighted by Crippen LogP contribution is -2.56. The Morgan fingerprint density at radius 2 is 1.91 bits per heavy atom. The number of carbonyl (C=O) groups is 1. The fourth-order valence-corrected chi connectivity index (χ4v) is 6.03. The SMILES string of the molecule is CC[C@H](NC(=O)c1cccnc1)C12CC3CC(CC(C3)C1)C2. The van der Waals surface area contributed by atoms with Gasteiger partial charge >= 0.3 is 0 Å². The van der Waals surface area contributed by atoms with Gasteiger partial charge in [0.25, 0.3) is 5.91 Å². The van der Waals surface area contributed by atoms with Crippen LogP contribution < -0.4 is 5.32 Å². The van der Waals surface area contributed by atoms with Crippen molar-refractivity contribution in [2.24, 2.45) is 23.2 Å². The largest absolute Gasteiger partial charge is 0.349 e. The molecule has 4 aliphatic carbocycles. The van der Waals surface area contributed by atoms with Crippen LogP contribution in [0.5, 0.6) is 0 Å². The molecule has 1 atom stereocenters. The van der Waals surface area contributed by atoms with Crippen molar-refractivity contribution in [3.63, 3.8) is 0 Å². The maximum atomic E-state index is 12.6. The third kappa shape index (κ3) is 2.35. The summed E-state index contributed by atoms with van der Waals surface area (Å²) in [5, 5.41) is 3.36. The van der Waals surface area contributed by atoms with Crippen LogP contribution in [0.15, 0.2) is 24.5 Å². The summed E-state index contributed by atoms with van der Waals surface area (Å²) in [6, 6.07) is 4.02. The van der Waals surface area contributed by atoms with Gasteiger partial charge in [0.2, 0.25) is 0 Å². The maximum absolute atomic E-state index is 12.6. The average Bonchev–Trinajstić information content (AvgIpc) is 2.51. The minimum Gasteiger partial charge on any atom is -0.349 e. The smallest absolute Gasteiger partial charge is 0.253 e. The van der Waals surface area contributed by atoms with E-state index in [4.69, 9.17) is 0 Å². The van der Waals surface area contributed by atoms with Crippen molar-refractivity contribution in [2.75, 3.05) is 0 Å². The standard InChI is InChI=1S/C19H26N2O/c1-2-17(21-18(22)16-4-3-5-20-12-16)19-9-13-6-14(10-19)8-15(7-13)11-19/h3-5,12-15,17H,2,6-11H2,1H3,(H,21,22)/t13?,14?,15?,17-,19?/m0/s1. The van der Waals surface area contributed by atoms with Gasteiger partial charge in [-0.15, -0.1) is 0 Å². The quantitative estimate of drug-likeness (QED) is 0.918. The van der Waals surface area contributed by atoms with Crippen LogP contribution in [0.25, 0.3) is 0 Å². The lowest BCUT2D eigenvalue weighted by atomic mass is 9.47. The summed E-state index contributed by atoms with van der Waals surface area (Å²) >= 11 is 0. The van der Waals surface area contributed by atoms with Gasteiger partial charge in [-0.2, -0.15) is 0 Å². The molecule has 4 saturated carbocycles. The zero-order valence-corrected chi connectivity index (χ0v) is 13.4. The Hall–Kier alpha value is -1.38. The first-order chi connectivity index (χ1) is 10.7. The number of rotatable bonds is 4. The van der Waals surface area contributed by atoms with Crippen molar-refractivity contribution >= 4 is 5.91 Å². The number of hydrogen-bond donors (Lipinski definition) is 1. The molecule has 118 valence electrons. The molecule has 0 spiro atoms. The molecule has 0 saturated heterocycles. The van der Waals surface area contributed by atoms with Gasteiger partial charge in [0.05, 0.1) is 5.56 Å². The van der Waals surface area contributed by atoms with Gasteiger partial charge in [-0.05, 0) is 80.2 Å². The fraction of sp³-hybridized carbons (Fsp3) is 0.684. The Bertz CT molecular complexity index is 519. The molecule has 1 heterocycles. The molecule has 22 heavy (non-hydrogen) atoms. The molecule has 0 radical (unpaired) electrons. The molecule has 1 aromatic heterocycles. The molecular weight excluding hydrogens is 272 g/mol. The molecule has 1 N–H and O–H groups in total. The zero-order valence-electron chi connectivity index (χ0n) is 13.4. The van der Waals surface area contributed by atoms with Crippen LogP contribution in [-0.4, -0.2) is 16.9 Å². The number of aromatic nitrogens is 1. The van der Waals surface area contributed by atoms with Gasteiger partial charge in [-0.1, -0.05) is 6.92 Å². The average molecular weight is 298 g/mol. The van der Waals surface area contributed by atoms with E-state index in [1.807, 2.05) is 12.1 Å². The number of nitrogens with one attached hydrogen (secondary N) is 1. The lowest BCUT2D eigenvalue weighted by molar-refractivity contribution is -0.0727. The zero-order chi connectivity index (χ0) is 15.2. The van der Waals surface area contributed by atoms with Gasteiger partial charge in [0, 0.05) is 18.4 Å². The number of carbonyl (C=O) groups excluding carboxylic acids is 1. The van der Waals surface area contributed by atoms with E-state index in [1.54, 1.807) is 12.4 Å². The highest BCUT2D eigenvalue weighted by atomic mass is 16.1. The van der Waals surface area contributed by atoms with E-state index >= 15 is 0 Å². The van der Waals surface area contributed by atoms with E-state index in [1.165, 1.54) is 38.5 Å². The second-order valence-electron chi connectivity index (χ2n) is 7.96. The summed E-state index contributed by atoms with van der Waals surface area (Å²) < 4.78 is 0. The van der Waals surface area contributed by atoms with E-state index in [0.717, 1.165) is 24.2 Å². The van der Waals surface area contributed by atoms with Crippen molar-refractivity contribution < 1.29 is 4.79 Å². The van der Waals surface area contributed by atoms with Crippen LogP contribution in [-0.2, 0) is 0 Å². The molecule has 0 aromatic carbocycles. The number of pyridine rings is 1. The summed E-state index contributed by atoms with van der Waals surface area (Å²) in [6.07, 6.45) is 12.8. The van der Waals surface area contributed by atoms with Gasteiger partial charge in [-0.3, -0.25) is 9.78 Å². The van der Waals surface area contributed by atoms with Crippen molar-refractivity contribution in [1.29, 1.82) is 0 Å². The molecule has 3 heteroatoms. The highest BCUT2D eigenvalue weighted by Gasteiger charge is 2.54. The van der Waals surface area contributed by atoms with Gasteiger partial charge in [0.15, 0.2) is 0 Å². The minimum absolute atomic E-state index is 0.0516. The molecule has 1 amide bonds. The first kappa shape index (κ1) is 14.2. The monoisotopic (exact) mass is 298 g/mol. The van der Waals surface area contributed by atoms with E-state index in [2.05, 4.69) is 17.2 Å². The molecule has 3 nitrogen and oxygen atoms in total. The van der Waals surface area contributed by atoms with Crippen LogP contribution in [0.4, 0.5) is 0 Å². The fourth-order valence-electron chi connectivity index (χ4n) is 6.03. The number of hydrogen-bond acceptors (Lipinski definition) is 2. The van der Waals surface area contributed by atoms with Crippen molar-refractivity contribution in [3.05, 3.63) is 30.1 Å². The topological polar surface area (TPSA) is 42.0 Å². The second-order valence-corrected chi connectivity index (χ2v) is 7.96. The predicted octanol–water partition coefficient (Wildman–Crippen LogP) is 3.81. The lowest BCUT2D eigenvalue weighted by Gasteiger charge is -2.59. The molecule has 0 unspecified atom stereocenters. The third-order valence-electron chi connectivity index (χ3n) is 6.46. The second kappa shape index (κ2) is 5.36. The van der Waals surface area contributed by atoms with Gasteiger partial charge in [0.1, 0.15) is 0 Å². The predicted molar refractivity (Wildman–Crippen MR) is 86.4 cm³/mol. The van der Waals surface area contributed by atoms with E-state index < -0.39 is 0 Å². The molecule has 1 aromatic rings. The number of amides is 1. The van der Waals surface area contributed by atoms with Crippen LogP contribution in [0.3, 0.4) is 0 Å². The van der Waals surface area contributed by atoms with Crippen LogP contribution >= 0.6 is 0 Å². The summed E-state index contributed by atoms with van der Waals surface area (Å²) in [6.45, 7) is 2.23. The first-order valence-corrected chi connectivity index (χ1v) is 8.89. The summed E-state index contributed by atoms with van der Waals surface area (Å²) in [5.41, 5.74) is 1.06. The summed E-state index contributed by atoms with van der Waals surface area (Å²) in [7, 11) is 0. The number of nitrogens with zero attached hydrogens (tertiary/aromatic N) is 1. The summed E-state index contributed by atoms with van der Waals surface area (Å²) in [4.78, 5) is 16.6. The third-order valence-corrected chi connectivity index (χ3v) is 6.46. The Morgan fingerprint density at radius 1 is 1.27 bits per heavy atom. The van der Waals surface area contributed by atoms with Crippen LogP contribution in [0.1, 0.15) is 62.2 Å². The maximum Gasteiger partial charge on any atom is 0.253 e. The van der Waals surface area contributed by atoms with E-state index in [-0.39, 0.29) is 5.91 Å². The molecule has 4 aliphatic rings. The molecule has 5 rings (SSSR count). The van der Waals surface area contributed by atoms with Crippen molar-refractivity contribution in [3.8, 4) is 0 Å². The van der Waals surface area contributed by atoms with Gasteiger partial charge in [-0.25, -0.2) is 0 Å². The van der Waals surface area contributed by atoms with Crippen LogP contribution in [0.2, 0.25) is 0 Å². The molecular formula is C19H26N2O. The minimum atomic E-state index is 0.0516. The Labute approximate surface area is 132 Å². The highest BCUT2D eigenvalue weighted by molar-refractivity contribution is 5.94. The van der Waals surface area contributed by atoms with E-state index in [9.17, 15) is 4.79 Å². The van der Waals surface area contributed by atoms with Crippen molar-refractivity contribution in [2.45, 2.75) is 57.9 Å². The molecule has 4 fully saturated rings.